The summed E-state index contributed by atoms with van der Waals surface area (Å²) in [6, 6.07) is 13.0. The highest BCUT2D eigenvalue weighted by atomic mass is 16.5. The van der Waals surface area contributed by atoms with Crippen LogP contribution in [0.2, 0.25) is 0 Å². The zero-order valence-corrected chi connectivity index (χ0v) is 16.5. The Morgan fingerprint density at radius 2 is 1.86 bits per heavy atom. The van der Waals surface area contributed by atoms with Crippen LogP contribution in [0.3, 0.4) is 0 Å². The number of hydrogen-bond donors (Lipinski definition) is 1. The first kappa shape index (κ1) is 18.7. The quantitative estimate of drug-likeness (QED) is 0.510. The van der Waals surface area contributed by atoms with Gasteiger partial charge in [0.15, 0.2) is 5.58 Å². The first-order chi connectivity index (χ1) is 14.1. The summed E-state index contributed by atoms with van der Waals surface area (Å²) in [4.78, 5) is 12.9. The Morgan fingerprint density at radius 3 is 2.52 bits per heavy atom. The molecule has 0 saturated heterocycles. The number of rotatable bonds is 7. The molecular formula is C22H22N2O5. The summed E-state index contributed by atoms with van der Waals surface area (Å²) in [5.41, 5.74) is 2.97. The molecule has 0 bridgehead atoms. The molecule has 0 atom stereocenters. The normalized spacial score (nSPS) is 11.0. The van der Waals surface area contributed by atoms with Gasteiger partial charge in [-0.05, 0) is 36.8 Å². The number of amides is 1. The molecule has 0 fully saturated rings. The third-order valence-electron chi connectivity index (χ3n) is 4.70. The van der Waals surface area contributed by atoms with Crippen molar-refractivity contribution >= 4 is 17.0 Å². The third-order valence-corrected chi connectivity index (χ3v) is 4.70. The van der Waals surface area contributed by atoms with Gasteiger partial charge >= 0.3 is 0 Å². The molecule has 1 N–H and O–H groups in total. The Kier molecular flexibility index (Phi) is 5.03. The van der Waals surface area contributed by atoms with Crippen molar-refractivity contribution in [3.8, 4) is 11.5 Å². The molecular weight excluding hydrogens is 372 g/mol. The van der Waals surface area contributed by atoms with E-state index < -0.39 is 0 Å². The van der Waals surface area contributed by atoms with Crippen LogP contribution in [0.15, 0.2) is 57.6 Å². The molecule has 3 heterocycles. The van der Waals surface area contributed by atoms with Gasteiger partial charge < -0.3 is 28.2 Å². The molecule has 0 aliphatic carbocycles. The average molecular weight is 394 g/mol. The van der Waals surface area contributed by atoms with Crippen molar-refractivity contribution < 1.29 is 23.1 Å². The number of methoxy groups -OCH3 is 2. The van der Waals surface area contributed by atoms with Crippen LogP contribution in [-0.4, -0.2) is 24.7 Å². The molecule has 0 aliphatic heterocycles. The summed E-state index contributed by atoms with van der Waals surface area (Å²) in [7, 11) is 3.22. The van der Waals surface area contributed by atoms with Crippen LogP contribution in [0, 0.1) is 6.92 Å². The van der Waals surface area contributed by atoms with Crippen LogP contribution in [0.4, 0.5) is 0 Å². The smallest absolute Gasteiger partial charge is 0.268 e. The number of aryl methyl sites for hydroxylation is 1. The average Bonchev–Trinajstić information content (AvgIpc) is 3.43. The minimum atomic E-state index is -0.208. The number of carbonyl (C=O) groups is 1. The lowest BCUT2D eigenvalue weighted by molar-refractivity contribution is 0.0939. The highest BCUT2D eigenvalue weighted by Crippen LogP contribution is 2.28. The second-order valence-electron chi connectivity index (χ2n) is 6.71. The summed E-state index contributed by atoms with van der Waals surface area (Å²) in [6.07, 6.45) is 1.58. The zero-order chi connectivity index (χ0) is 20.4. The Bertz CT molecular complexity index is 1120. The van der Waals surface area contributed by atoms with Gasteiger partial charge in [-0.1, -0.05) is 0 Å². The van der Waals surface area contributed by atoms with E-state index in [2.05, 4.69) is 5.32 Å². The van der Waals surface area contributed by atoms with Gasteiger partial charge in [0, 0.05) is 24.7 Å². The molecule has 0 unspecified atom stereocenters. The molecule has 0 saturated carbocycles. The standard InChI is InChI=1S/C22H22N2O5/c1-14-7-19-21(29-14)11-20(22(25)23-12-16-5-4-6-28-16)24(19)13-15-8-17(26-2)10-18(9-15)27-3/h4-11H,12-13H2,1-3H3,(H,23,25). The molecule has 1 amide bonds. The van der Waals surface area contributed by atoms with Gasteiger partial charge in [-0.25, -0.2) is 0 Å². The molecule has 7 heteroatoms. The maximum absolute atomic E-state index is 12.9. The van der Waals surface area contributed by atoms with Crippen molar-refractivity contribution in [1.82, 2.24) is 9.88 Å². The van der Waals surface area contributed by atoms with Gasteiger partial charge in [0.1, 0.15) is 28.7 Å². The topological polar surface area (TPSA) is 78.8 Å². The van der Waals surface area contributed by atoms with Gasteiger partial charge in [0.05, 0.1) is 32.5 Å². The Labute approximate surface area is 167 Å². The molecule has 7 nitrogen and oxygen atoms in total. The van der Waals surface area contributed by atoms with Crippen molar-refractivity contribution in [1.29, 1.82) is 0 Å². The fourth-order valence-electron chi connectivity index (χ4n) is 3.33. The van der Waals surface area contributed by atoms with E-state index in [-0.39, 0.29) is 5.91 Å². The number of furan rings is 2. The van der Waals surface area contributed by atoms with Gasteiger partial charge in [0.2, 0.25) is 0 Å². The lowest BCUT2D eigenvalue weighted by atomic mass is 10.2. The predicted molar refractivity (Wildman–Crippen MR) is 107 cm³/mol. The monoisotopic (exact) mass is 394 g/mol. The summed E-state index contributed by atoms with van der Waals surface area (Å²) >= 11 is 0. The van der Waals surface area contributed by atoms with Gasteiger partial charge in [-0.15, -0.1) is 0 Å². The second-order valence-corrected chi connectivity index (χ2v) is 6.71. The molecule has 4 rings (SSSR count). The molecule has 4 aromatic rings. The van der Waals surface area contributed by atoms with Gasteiger partial charge in [-0.3, -0.25) is 4.79 Å². The van der Waals surface area contributed by atoms with E-state index in [0.29, 0.717) is 41.6 Å². The van der Waals surface area contributed by atoms with E-state index in [9.17, 15) is 4.79 Å². The highest BCUT2D eigenvalue weighted by molar-refractivity contribution is 5.97. The van der Waals surface area contributed by atoms with E-state index in [1.54, 1.807) is 32.6 Å². The number of nitrogens with zero attached hydrogens (tertiary/aromatic N) is 1. The van der Waals surface area contributed by atoms with E-state index in [0.717, 1.165) is 16.8 Å². The van der Waals surface area contributed by atoms with Crippen LogP contribution >= 0.6 is 0 Å². The van der Waals surface area contributed by atoms with Crippen LogP contribution in [-0.2, 0) is 13.1 Å². The lowest BCUT2D eigenvalue weighted by Crippen LogP contribution is -2.25. The number of hydrogen-bond acceptors (Lipinski definition) is 5. The second kappa shape index (κ2) is 7.79. The van der Waals surface area contributed by atoms with Crippen LogP contribution < -0.4 is 14.8 Å². The molecule has 3 aromatic heterocycles. The number of ether oxygens (including phenoxy) is 2. The Hall–Kier alpha value is -3.61. The van der Waals surface area contributed by atoms with Crippen molar-refractivity contribution in [3.63, 3.8) is 0 Å². The fourth-order valence-corrected chi connectivity index (χ4v) is 3.33. The SMILES string of the molecule is COc1cc(Cn2c(C(=O)NCc3ccco3)cc3oc(C)cc32)cc(OC)c1. The molecule has 0 radical (unpaired) electrons. The number of aromatic nitrogens is 1. The number of nitrogens with one attached hydrogen (secondary N) is 1. The summed E-state index contributed by atoms with van der Waals surface area (Å²) < 4.78 is 23.7. The van der Waals surface area contributed by atoms with E-state index >= 15 is 0 Å². The zero-order valence-electron chi connectivity index (χ0n) is 16.5. The number of benzene rings is 1. The van der Waals surface area contributed by atoms with Crippen molar-refractivity contribution in [3.05, 3.63) is 71.5 Å². The molecule has 150 valence electrons. The van der Waals surface area contributed by atoms with Crippen LogP contribution in [0.1, 0.15) is 27.6 Å². The molecule has 1 aromatic carbocycles. The van der Waals surface area contributed by atoms with Gasteiger partial charge in [-0.2, -0.15) is 0 Å². The Morgan fingerprint density at radius 1 is 1.10 bits per heavy atom. The minimum absolute atomic E-state index is 0.208. The minimum Gasteiger partial charge on any atom is -0.497 e. The molecule has 29 heavy (non-hydrogen) atoms. The summed E-state index contributed by atoms with van der Waals surface area (Å²) in [6.45, 7) is 2.65. The fraction of sp³-hybridized carbons (Fsp3) is 0.227. The first-order valence-corrected chi connectivity index (χ1v) is 9.19. The first-order valence-electron chi connectivity index (χ1n) is 9.19. The molecule has 0 spiro atoms. The molecule has 0 aliphatic rings. The van der Waals surface area contributed by atoms with E-state index in [1.807, 2.05) is 41.8 Å². The number of carbonyl (C=O) groups excluding carboxylic acids is 1. The van der Waals surface area contributed by atoms with Crippen molar-refractivity contribution in [2.24, 2.45) is 0 Å². The summed E-state index contributed by atoms with van der Waals surface area (Å²) in [5.74, 6) is 2.65. The van der Waals surface area contributed by atoms with Crippen molar-refractivity contribution in [2.75, 3.05) is 14.2 Å². The van der Waals surface area contributed by atoms with Gasteiger partial charge in [0.25, 0.3) is 5.91 Å². The van der Waals surface area contributed by atoms with Crippen LogP contribution in [0.5, 0.6) is 11.5 Å². The van der Waals surface area contributed by atoms with Crippen LogP contribution in [0.25, 0.3) is 11.1 Å². The summed E-state index contributed by atoms with van der Waals surface area (Å²) in [5, 5.41) is 2.89. The largest absolute Gasteiger partial charge is 0.497 e. The van der Waals surface area contributed by atoms with E-state index in [4.69, 9.17) is 18.3 Å². The predicted octanol–water partition coefficient (Wildman–Crippen LogP) is 4.13. The number of fused-ring (bicyclic) bond motifs is 1. The van der Waals surface area contributed by atoms with Crippen molar-refractivity contribution in [2.45, 2.75) is 20.0 Å². The maximum Gasteiger partial charge on any atom is 0.268 e. The highest BCUT2D eigenvalue weighted by Gasteiger charge is 2.19. The third kappa shape index (κ3) is 3.85. The van der Waals surface area contributed by atoms with E-state index in [1.165, 1.54) is 0 Å². The Balaban J connectivity index is 1.68. The maximum atomic E-state index is 12.9. The lowest BCUT2D eigenvalue weighted by Gasteiger charge is -2.13.